The lowest BCUT2D eigenvalue weighted by atomic mass is 10.1. The van der Waals surface area contributed by atoms with Crippen LogP contribution in [0.5, 0.6) is 11.5 Å². The van der Waals surface area contributed by atoms with E-state index in [0.29, 0.717) is 18.9 Å². The van der Waals surface area contributed by atoms with Crippen LogP contribution >= 0.6 is 0 Å². The van der Waals surface area contributed by atoms with Crippen LogP contribution in [0.25, 0.3) is 0 Å². The summed E-state index contributed by atoms with van der Waals surface area (Å²) in [5.41, 5.74) is 0.923. The zero-order valence-electron chi connectivity index (χ0n) is 17.7. The first-order valence-electron chi connectivity index (χ1n) is 9.44. The molecule has 0 aliphatic carbocycles. The molecule has 1 unspecified atom stereocenters. The number of nitrogens with zero attached hydrogens (tertiary/aromatic N) is 2. The van der Waals surface area contributed by atoms with Gasteiger partial charge in [-0.05, 0) is 37.3 Å². The van der Waals surface area contributed by atoms with Crippen LogP contribution in [0, 0.1) is 0 Å². The van der Waals surface area contributed by atoms with Crippen LogP contribution < -0.4 is 20.1 Å². The fourth-order valence-corrected chi connectivity index (χ4v) is 2.66. The van der Waals surface area contributed by atoms with Crippen LogP contribution in [0.3, 0.4) is 0 Å². The van der Waals surface area contributed by atoms with Gasteiger partial charge in [0.05, 0.1) is 26.5 Å². The van der Waals surface area contributed by atoms with Crippen LogP contribution in [0.4, 0.5) is 0 Å². The fourth-order valence-electron chi connectivity index (χ4n) is 2.66. The van der Waals surface area contributed by atoms with Gasteiger partial charge in [0.1, 0.15) is 23.8 Å². The number of aliphatic imine (C=N–C) groups is 1. The molecular formula is C21H30N4O4. The third kappa shape index (κ3) is 6.74. The highest BCUT2D eigenvalue weighted by atomic mass is 16.5. The maximum atomic E-state index is 12.0. The van der Waals surface area contributed by atoms with E-state index < -0.39 is 0 Å². The summed E-state index contributed by atoms with van der Waals surface area (Å²) in [5, 5.41) is 6.59. The van der Waals surface area contributed by atoms with Crippen molar-refractivity contribution in [2.24, 2.45) is 4.99 Å². The molecular weight excluding hydrogens is 372 g/mol. The summed E-state index contributed by atoms with van der Waals surface area (Å²) in [6.45, 7) is 2.65. The number of guanidine groups is 1. The van der Waals surface area contributed by atoms with Crippen molar-refractivity contribution in [3.05, 3.63) is 47.9 Å². The lowest BCUT2D eigenvalue weighted by molar-refractivity contribution is -0.127. The molecule has 1 atom stereocenters. The highest BCUT2D eigenvalue weighted by molar-refractivity contribution is 5.85. The van der Waals surface area contributed by atoms with E-state index in [1.54, 1.807) is 34.6 Å². The Labute approximate surface area is 171 Å². The summed E-state index contributed by atoms with van der Waals surface area (Å²) in [4.78, 5) is 17.9. The second-order valence-electron chi connectivity index (χ2n) is 6.68. The molecule has 1 amide bonds. The lowest BCUT2D eigenvalue weighted by Gasteiger charge is -2.21. The molecule has 158 valence electrons. The summed E-state index contributed by atoms with van der Waals surface area (Å²) in [6.07, 6.45) is 2.35. The van der Waals surface area contributed by atoms with Crippen LogP contribution in [0.15, 0.2) is 46.0 Å². The summed E-state index contributed by atoms with van der Waals surface area (Å²) >= 11 is 0. The number of methoxy groups -OCH3 is 2. The van der Waals surface area contributed by atoms with E-state index in [-0.39, 0.29) is 18.5 Å². The molecule has 0 aliphatic heterocycles. The quantitative estimate of drug-likeness (QED) is 0.494. The highest BCUT2D eigenvalue weighted by Gasteiger charge is 2.15. The molecule has 0 spiro atoms. The van der Waals surface area contributed by atoms with Gasteiger partial charge in [-0.1, -0.05) is 0 Å². The van der Waals surface area contributed by atoms with Gasteiger partial charge in [-0.3, -0.25) is 4.79 Å². The molecule has 0 saturated heterocycles. The maximum absolute atomic E-state index is 12.0. The minimum absolute atomic E-state index is 0.0467. The number of amides is 1. The van der Waals surface area contributed by atoms with E-state index in [0.717, 1.165) is 22.8 Å². The minimum atomic E-state index is -0.135. The summed E-state index contributed by atoms with van der Waals surface area (Å²) in [5.74, 6) is 2.81. The normalized spacial score (nSPS) is 12.2. The molecule has 29 heavy (non-hydrogen) atoms. The van der Waals surface area contributed by atoms with Gasteiger partial charge in [0, 0.05) is 32.6 Å². The van der Waals surface area contributed by atoms with Gasteiger partial charge in [0.25, 0.3) is 0 Å². The Morgan fingerprint density at radius 3 is 2.66 bits per heavy atom. The fraction of sp³-hybridized carbons (Fsp3) is 0.429. The van der Waals surface area contributed by atoms with Crippen LogP contribution in [-0.4, -0.2) is 58.2 Å². The molecule has 2 N–H and O–H groups in total. The SMILES string of the molecule is COc1ccc(OC)c(C(C)NC(=NCC(=O)N(C)C)NCCc2ccco2)c1. The van der Waals surface area contributed by atoms with E-state index in [4.69, 9.17) is 13.9 Å². The molecule has 0 aliphatic rings. The van der Waals surface area contributed by atoms with Gasteiger partial charge in [-0.15, -0.1) is 0 Å². The Bertz CT molecular complexity index is 803. The Kier molecular flexibility index (Phi) is 8.39. The Hall–Kier alpha value is -3.16. The van der Waals surface area contributed by atoms with E-state index in [2.05, 4.69) is 15.6 Å². The van der Waals surface area contributed by atoms with Crippen molar-refractivity contribution in [2.45, 2.75) is 19.4 Å². The molecule has 1 aromatic carbocycles. The van der Waals surface area contributed by atoms with Crippen LogP contribution in [0.1, 0.15) is 24.3 Å². The topological polar surface area (TPSA) is 88.3 Å². The number of benzene rings is 1. The average molecular weight is 402 g/mol. The van der Waals surface area contributed by atoms with Gasteiger partial charge >= 0.3 is 0 Å². The number of nitrogens with one attached hydrogen (secondary N) is 2. The largest absolute Gasteiger partial charge is 0.497 e. The molecule has 0 bridgehead atoms. The van der Waals surface area contributed by atoms with Gasteiger partial charge in [0.2, 0.25) is 5.91 Å². The van der Waals surface area contributed by atoms with Gasteiger partial charge in [-0.2, -0.15) is 0 Å². The number of hydrogen-bond acceptors (Lipinski definition) is 5. The first-order valence-corrected chi connectivity index (χ1v) is 9.44. The zero-order valence-corrected chi connectivity index (χ0v) is 17.7. The second-order valence-corrected chi connectivity index (χ2v) is 6.68. The van der Waals surface area contributed by atoms with Gasteiger partial charge in [-0.25, -0.2) is 4.99 Å². The van der Waals surface area contributed by atoms with E-state index in [9.17, 15) is 4.79 Å². The molecule has 0 radical (unpaired) electrons. The van der Waals surface area contributed by atoms with Crippen LogP contribution in [-0.2, 0) is 11.2 Å². The second kappa shape index (κ2) is 11.0. The minimum Gasteiger partial charge on any atom is -0.497 e. The smallest absolute Gasteiger partial charge is 0.243 e. The monoisotopic (exact) mass is 402 g/mol. The molecule has 0 saturated carbocycles. The summed E-state index contributed by atoms with van der Waals surface area (Å²) < 4.78 is 16.2. The Morgan fingerprint density at radius 1 is 1.24 bits per heavy atom. The number of carbonyl (C=O) groups is 1. The molecule has 8 nitrogen and oxygen atoms in total. The zero-order chi connectivity index (χ0) is 21.2. The van der Waals surface area contributed by atoms with Crippen molar-refractivity contribution in [1.29, 1.82) is 0 Å². The Morgan fingerprint density at radius 2 is 2.03 bits per heavy atom. The Balaban J connectivity index is 2.12. The first kappa shape index (κ1) is 22.1. The van der Waals surface area contributed by atoms with Gasteiger partial charge < -0.3 is 29.4 Å². The van der Waals surface area contributed by atoms with Crippen molar-refractivity contribution < 1.29 is 18.7 Å². The number of ether oxygens (including phenoxy) is 2. The van der Waals surface area contributed by atoms with Gasteiger partial charge in [0.15, 0.2) is 5.96 Å². The first-order chi connectivity index (χ1) is 13.9. The van der Waals surface area contributed by atoms with E-state index in [1.165, 1.54) is 4.90 Å². The predicted molar refractivity (Wildman–Crippen MR) is 113 cm³/mol. The highest BCUT2D eigenvalue weighted by Crippen LogP contribution is 2.29. The number of likely N-dealkylation sites (N-methyl/N-ethyl adjacent to an activating group) is 1. The number of rotatable bonds is 9. The lowest BCUT2D eigenvalue weighted by Crippen LogP contribution is -2.40. The van der Waals surface area contributed by atoms with Crippen LogP contribution in [0.2, 0.25) is 0 Å². The third-order valence-electron chi connectivity index (χ3n) is 4.37. The standard InChI is InChI=1S/C21H30N4O4/c1-15(18-13-17(27-4)8-9-19(18)28-5)24-21(23-14-20(26)25(2)3)22-11-10-16-7-6-12-29-16/h6-9,12-13,15H,10-11,14H2,1-5H3,(H2,22,23,24). The molecule has 2 aromatic rings. The van der Waals surface area contributed by atoms with Crippen molar-refractivity contribution in [1.82, 2.24) is 15.5 Å². The molecule has 1 aromatic heterocycles. The molecule has 8 heteroatoms. The molecule has 2 rings (SSSR count). The molecule has 0 fully saturated rings. The van der Waals surface area contributed by atoms with Crippen molar-refractivity contribution in [3.8, 4) is 11.5 Å². The summed E-state index contributed by atoms with van der Waals surface area (Å²) in [7, 11) is 6.67. The number of carbonyl (C=O) groups excluding carboxylic acids is 1. The van der Waals surface area contributed by atoms with Crippen molar-refractivity contribution >= 4 is 11.9 Å². The van der Waals surface area contributed by atoms with Crippen molar-refractivity contribution in [2.75, 3.05) is 41.4 Å². The van der Waals surface area contributed by atoms with E-state index >= 15 is 0 Å². The summed E-state index contributed by atoms with van der Waals surface area (Å²) in [6, 6.07) is 9.28. The number of furan rings is 1. The average Bonchev–Trinajstić information content (AvgIpc) is 3.24. The third-order valence-corrected chi connectivity index (χ3v) is 4.37. The van der Waals surface area contributed by atoms with Crippen molar-refractivity contribution in [3.63, 3.8) is 0 Å². The maximum Gasteiger partial charge on any atom is 0.243 e. The predicted octanol–water partition coefficient (Wildman–Crippen LogP) is 2.22. The number of hydrogen-bond donors (Lipinski definition) is 2. The van der Waals surface area contributed by atoms with E-state index in [1.807, 2.05) is 37.3 Å². The molecule has 1 heterocycles.